The van der Waals surface area contributed by atoms with E-state index in [0.717, 1.165) is 70.1 Å². The summed E-state index contributed by atoms with van der Waals surface area (Å²) in [4.78, 5) is 28.2. The number of allylic oxidation sites excluding steroid dienone is 1. The van der Waals surface area contributed by atoms with Crippen molar-refractivity contribution in [3.8, 4) is 11.8 Å². The lowest BCUT2D eigenvalue weighted by molar-refractivity contribution is -0.117. The van der Waals surface area contributed by atoms with E-state index in [2.05, 4.69) is 50.3 Å². The maximum absolute atomic E-state index is 13.1. The highest BCUT2D eigenvalue weighted by molar-refractivity contribution is 7.28. The Morgan fingerprint density at radius 1 is 1.23 bits per heavy atom. The van der Waals surface area contributed by atoms with Gasteiger partial charge in [0.2, 0.25) is 17.0 Å². The fourth-order valence-electron chi connectivity index (χ4n) is 5.69. The van der Waals surface area contributed by atoms with Gasteiger partial charge in [0.25, 0.3) is 5.91 Å². The van der Waals surface area contributed by atoms with Crippen LogP contribution >= 0.6 is 20.8 Å². The number of pyridine rings is 1. The fraction of sp³-hybridized carbons (Fsp3) is 0.481. The van der Waals surface area contributed by atoms with Gasteiger partial charge in [-0.05, 0) is 66.0 Å². The SMILES string of the molecule is [B]C([B])([B])N1CCc2nc(Cl)nc(Oc3ncc4c(c3P)C(CCC)=C(C3=C(C)C(C)CNC3=O)CC4)c2C1. The first kappa shape index (κ1) is 28.4. The van der Waals surface area contributed by atoms with E-state index >= 15 is 0 Å². The highest BCUT2D eigenvalue weighted by Gasteiger charge is 2.33. The molecule has 1 amide bonds. The van der Waals surface area contributed by atoms with E-state index in [0.29, 0.717) is 43.7 Å². The van der Waals surface area contributed by atoms with Crippen LogP contribution in [0, 0.1) is 5.92 Å². The number of hydrogen-bond donors (Lipinski definition) is 1. The van der Waals surface area contributed by atoms with Crippen molar-refractivity contribution in [1.29, 1.82) is 0 Å². The summed E-state index contributed by atoms with van der Waals surface area (Å²) in [6.45, 7) is 7.90. The Hall–Kier alpha value is -2.15. The van der Waals surface area contributed by atoms with Crippen LogP contribution in [-0.2, 0) is 24.2 Å². The van der Waals surface area contributed by atoms with E-state index in [4.69, 9.17) is 39.9 Å². The molecule has 0 fully saturated rings. The molecule has 4 heterocycles. The van der Waals surface area contributed by atoms with Crippen LogP contribution in [0.25, 0.3) is 5.57 Å². The van der Waals surface area contributed by atoms with E-state index in [1.165, 1.54) is 5.57 Å². The zero-order valence-electron chi connectivity index (χ0n) is 22.6. The van der Waals surface area contributed by atoms with Crippen molar-refractivity contribution in [2.24, 2.45) is 5.92 Å². The van der Waals surface area contributed by atoms with Gasteiger partial charge in [0.15, 0.2) is 0 Å². The van der Waals surface area contributed by atoms with Gasteiger partial charge in [-0.25, -0.2) is 9.97 Å². The van der Waals surface area contributed by atoms with Crippen LogP contribution in [-0.4, -0.2) is 67.6 Å². The second-order valence-electron chi connectivity index (χ2n) is 10.6. The molecule has 0 bridgehead atoms. The number of rotatable bonds is 6. The number of fused-ring (bicyclic) bond motifs is 2. The fourth-order valence-corrected chi connectivity index (χ4v) is 6.36. The van der Waals surface area contributed by atoms with E-state index in [1.807, 2.05) is 6.20 Å². The quantitative estimate of drug-likeness (QED) is 0.336. The largest absolute Gasteiger partial charge is 0.419 e. The van der Waals surface area contributed by atoms with Crippen molar-refractivity contribution in [3.05, 3.63) is 50.6 Å². The third-order valence-corrected chi connectivity index (χ3v) is 8.64. The van der Waals surface area contributed by atoms with Gasteiger partial charge in [-0.15, -0.1) is 0 Å². The Kier molecular flexibility index (Phi) is 8.02. The molecule has 0 saturated carbocycles. The third-order valence-electron chi connectivity index (χ3n) is 7.94. The molecule has 1 N–H and O–H groups in total. The molecule has 0 saturated heterocycles. The first-order chi connectivity index (χ1) is 18.5. The van der Waals surface area contributed by atoms with Crippen LogP contribution in [0.3, 0.4) is 0 Å². The average molecular weight is 555 g/mol. The molecule has 1 aliphatic carbocycles. The highest BCUT2D eigenvalue weighted by atomic mass is 35.5. The number of carbonyl (C=O) groups is 1. The predicted octanol–water partition coefficient (Wildman–Crippen LogP) is 2.87. The zero-order valence-corrected chi connectivity index (χ0v) is 24.5. The van der Waals surface area contributed by atoms with Crippen LogP contribution in [0.4, 0.5) is 0 Å². The van der Waals surface area contributed by atoms with Crippen molar-refractivity contribution in [3.63, 3.8) is 0 Å². The van der Waals surface area contributed by atoms with Gasteiger partial charge in [0, 0.05) is 43.1 Å². The molecule has 2 aromatic heterocycles. The number of halogens is 1. The molecule has 0 aromatic carbocycles. The van der Waals surface area contributed by atoms with Gasteiger partial charge in [-0.1, -0.05) is 40.3 Å². The van der Waals surface area contributed by atoms with E-state index in [9.17, 15) is 4.79 Å². The van der Waals surface area contributed by atoms with Gasteiger partial charge in [0.1, 0.15) is 0 Å². The summed E-state index contributed by atoms with van der Waals surface area (Å²) in [7, 11) is 20.7. The van der Waals surface area contributed by atoms with Crippen molar-refractivity contribution >= 4 is 61.2 Å². The first-order valence-electron chi connectivity index (χ1n) is 13.3. The van der Waals surface area contributed by atoms with Gasteiger partial charge < -0.3 is 15.0 Å². The Balaban J connectivity index is 1.60. The lowest BCUT2D eigenvalue weighted by Gasteiger charge is -2.40. The average Bonchev–Trinajstić information content (AvgIpc) is 2.88. The van der Waals surface area contributed by atoms with Crippen LogP contribution in [0.15, 0.2) is 22.9 Å². The topological polar surface area (TPSA) is 80.2 Å². The summed E-state index contributed by atoms with van der Waals surface area (Å²) in [5.41, 5.74) is 7.95. The van der Waals surface area contributed by atoms with E-state index in [-0.39, 0.29) is 11.2 Å². The second-order valence-corrected chi connectivity index (χ2v) is 11.6. The minimum absolute atomic E-state index is 0.0103. The molecule has 12 heteroatoms. The third kappa shape index (κ3) is 5.45. The van der Waals surface area contributed by atoms with Gasteiger partial charge in [0.05, 0.1) is 34.8 Å². The Morgan fingerprint density at radius 2 is 2.00 bits per heavy atom. The maximum atomic E-state index is 13.1. The highest BCUT2D eigenvalue weighted by Crippen LogP contribution is 2.41. The molecule has 39 heavy (non-hydrogen) atoms. The summed E-state index contributed by atoms with van der Waals surface area (Å²) >= 11 is 6.27. The van der Waals surface area contributed by atoms with Crippen LogP contribution in [0.1, 0.15) is 62.4 Å². The number of aromatic nitrogens is 3. The zero-order chi connectivity index (χ0) is 28.1. The summed E-state index contributed by atoms with van der Waals surface area (Å²) in [6.07, 6.45) is 5.77. The number of amides is 1. The summed E-state index contributed by atoms with van der Waals surface area (Å²) in [6, 6.07) is 0. The molecule has 7 nitrogen and oxygen atoms in total. The summed E-state index contributed by atoms with van der Waals surface area (Å²) < 4.78 is 6.35. The standard InChI is InChI=1S/C27H30B3ClN5O2P/c1-4-5-16-17(20-14(3)13(2)10-32-23(20)37)7-6-15-11-33-25(22(39)21(15)16)38-24-18-12-36(27(28,29)30)9-8-19(18)34-26(31)35-24/h11,13H,4-10,12,39H2,1-3H3,(H,32,37). The first-order valence-corrected chi connectivity index (χ1v) is 14.3. The number of aryl methyl sites for hydroxylation is 1. The lowest BCUT2D eigenvalue weighted by atomic mass is 9.48. The molecular weight excluding hydrogens is 525 g/mol. The minimum atomic E-state index is -1.49. The Labute approximate surface area is 241 Å². The van der Waals surface area contributed by atoms with Crippen molar-refractivity contribution in [1.82, 2.24) is 25.2 Å². The number of carbonyl (C=O) groups excluding carboxylic acids is 1. The number of nitrogens with zero attached hydrogens (tertiary/aromatic N) is 4. The number of ether oxygens (including phenoxy) is 1. The van der Waals surface area contributed by atoms with E-state index < -0.39 is 5.24 Å². The molecule has 6 radical (unpaired) electrons. The molecule has 0 spiro atoms. The van der Waals surface area contributed by atoms with Crippen LogP contribution in [0.2, 0.25) is 5.28 Å². The molecule has 3 aliphatic rings. The number of nitrogens with one attached hydrogen (secondary N) is 1. The minimum Gasteiger partial charge on any atom is -0.419 e. The van der Waals surface area contributed by atoms with Gasteiger partial charge in [-0.2, -0.15) is 4.98 Å². The Morgan fingerprint density at radius 3 is 2.72 bits per heavy atom. The van der Waals surface area contributed by atoms with Gasteiger partial charge >= 0.3 is 0 Å². The van der Waals surface area contributed by atoms with Crippen LogP contribution in [0.5, 0.6) is 11.8 Å². The lowest BCUT2D eigenvalue weighted by Crippen LogP contribution is -2.52. The van der Waals surface area contributed by atoms with Crippen LogP contribution < -0.4 is 15.4 Å². The molecule has 5 rings (SSSR count). The molecule has 2 aliphatic heterocycles. The molecule has 2 aromatic rings. The summed E-state index contributed by atoms with van der Waals surface area (Å²) in [5, 5.41) is 2.49. The number of hydrogen-bond acceptors (Lipinski definition) is 6. The maximum Gasteiger partial charge on any atom is 0.251 e. The van der Waals surface area contributed by atoms with E-state index in [1.54, 1.807) is 4.90 Å². The second kappa shape index (κ2) is 11.0. The predicted molar refractivity (Wildman–Crippen MR) is 160 cm³/mol. The molecule has 196 valence electrons. The monoisotopic (exact) mass is 555 g/mol. The molecular formula is C27H30B3ClN5O2P. The molecule has 2 atom stereocenters. The smallest absolute Gasteiger partial charge is 0.251 e. The van der Waals surface area contributed by atoms with Crippen molar-refractivity contribution < 1.29 is 9.53 Å². The van der Waals surface area contributed by atoms with Crippen molar-refractivity contribution in [2.75, 3.05) is 13.1 Å². The van der Waals surface area contributed by atoms with Gasteiger partial charge in [-0.3, -0.25) is 4.79 Å². The van der Waals surface area contributed by atoms with Crippen molar-refractivity contribution in [2.45, 2.75) is 64.7 Å². The Bertz CT molecular complexity index is 1410. The normalized spacial score (nSPS) is 20.0. The summed E-state index contributed by atoms with van der Waals surface area (Å²) in [5.74, 6) is 1.00. The molecule has 2 unspecified atom stereocenters.